The van der Waals surface area contributed by atoms with Crippen LogP contribution in [0.1, 0.15) is 44.1 Å². The summed E-state index contributed by atoms with van der Waals surface area (Å²) in [7, 11) is 1.40. The van der Waals surface area contributed by atoms with Crippen LogP contribution in [0.25, 0.3) is 0 Å². The van der Waals surface area contributed by atoms with Crippen molar-refractivity contribution in [3.8, 4) is 11.5 Å². The first kappa shape index (κ1) is 27.5. The molecule has 4 unspecified atom stereocenters. The predicted octanol–water partition coefficient (Wildman–Crippen LogP) is 4.22. The summed E-state index contributed by atoms with van der Waals surface area (Å²) in [6.45, 7) is 1.60. The molecule has 1 aromatic rings. The molecule has 2 N–H and O–H groups in total. The molecule has 0 aromatic heterocycles. The average molecular weight is 663 g/mol. The molecule has 204 valence electrons. The van der Waals surface area contributed by atoms with E-state index < -0.39 is 29.6 Å². The number of carbonyl (C=O) groups excluding carboxylic acids is 4. The van der Waals surface area contributed by atoms with Gasteiger partial charge >= 0.3 is 5.97 Å². The largest absolute Gasteiger partial charge is 0.503 e. The highest BCUT2D eigenvalue weighted by atomic mass is 79.9. The number of ether oxygens (including phenoxy) is 1. The Morgan fingerprint density at radius 1 is 1.13 bits per heavy atom. The summed E-state index contributed by atoms with van der Waals surface area (Å²) in [4.78, 5) is 65.9. The molecule has 1 aliphatic heterocycles. The molecular weight excluding hydrogens is 638 g/mol. The number of carbonyl (C=O) groups is 5. The third-order valence-corrected chi connectivity index (χ3v) is 10.3. The van der Waals surface area contributed by atoms with Gasteiger partial charge in [-0.3, -0.25) is 28.9 Å². The van der Waals surface area contributed by atoms with Crippen LogP contribution < -0.4 is 4.74 Å². The van der Waals surface area contributed by atoms with E-state index in [0.29, 0.717) is 31.2 Å². The van der Waals surface area contributed by atoms with E-state index in [2.05, 4.69) is 31.9 Å². The first-order valence-corrected chi connectivity index (χ1v) is 14.1. The number of phenols is 1. The Balaban J connectivity index is 1.65. The first-order chi connectivity index (χ1) is 18.5. The minimum atomic E-state index is -1.00. The average Bonchev–Trinajstić information content (AvgIpc) is 3.14. The van der Waals surface area contributed by atoms with Crippen molar-refractivity contribution in [1.29, 1.82) is 0 Å². The van der Waals surface area contributed by atoms with Crippen LogP contribution in [-0.4, -0.2) is 58.1 Å². The number of halogens is 2. The molecule has 1 heterocycles. The number of allylic oxidation sites excluding steroid dienone is 6. The lowest BCUT2D eigenvalue weighted by molar-refractivity contribution is -0.142. The quantitative estimate of drug-likeness (QED) is 0.262. The molecule has 0 bridgehead atoms. The molecule has 11 heteroatoms. The Morgan fingerprint density at radius 2 is 1.85 bits per heavy atom. The molecule has 1 fully saturated rings. The number of phenolic OH excluding ortho intramolecular Hbond substituents is 1. The number of carboxylic acids is 1. The summed E-state index contributed by atoms with van der Waals surface area (Å²) in [5.41, 5.74) is 2.29. The van der Waals surface area contributed by atoms with Gasteiger partial charge in [-0.25, -0.2) is 0 Å². The number of aromatic hydroxyl groups is 1. The van der Waals surface area contributed by atoms with Gasteiger partial charge in [0.25, 0.3) is 0 Å². The summed E-state index contributed by atoms with van der Waals surface area (Å²) in [5.74, 6) is -4.83. The van der Waals surface area contributed by atoms with Crippen molar-refractivity contribution in [2.75, 3.05) is 13.7 Å². The fourth-order valence-corrected chi connectivity index (χ4v) is 7.34. The van der Waals surface area contributed by atoms with E-state index in [-0.39, 0.29) is 67.1 Å². The highest BCUT2D eigenvalue weighted by Gasteiger charge is 2.56. The fourth-order valence-electron chi connectivity index (χ4n) is 6.39. The van der Waals surface area contributed by atoms with E-state index in [0.717, 1.165) is 10.5 Å². The van der Waals surface area contributed by atoms with Crippen LogP contribution in [0.5, 0.6) is 11.5 Å². The fraction of sp³-hybridized carbons (Fsp3) is 0.393. The van der Waals surface area contributed by atoms with Gasteiger partial charge in [0, 0.05) is 40.1 Å². The third kappa shape index (κ3) is 4.30. The number of amides is 2. The second-order valence-electron chi connectivity index (χ2n) is 10.2. The van der Waals surface area contributed by atoms with Crippen molar-refractivity contribution < 1.29 is 38.9 Å². The number of benzene rings is 1. The van der Waals surface area contributed by atoms with Crippen molar-refractivity contribution in [3.63, 3.8) is 0 Å². The van der Waals surface area contributed by atoms with E-state index in [1.54, 1.807) is 13.0 Å². The molecular formula is C28H25Br2NO8. The normalized spacial score (nSPS) is 26.2. The molecule has 39 heavy (non-hydrogen) atoms. The molecule has 5 rings (SSSR count). The number of ketones is 2. The second kappa shape index (κ2) is 10.2. The highest BCUT2D eigenvalue weighted by Crippen LogP contribution is 2.57. The molecule has 3 aliphatic carbocycles. The summed E-state index contributed by atoms with van der Waals surface area (Å²) < 4.78 is 6.15. The number of Topliss-reactive ketones (excluding diaryl/α,β-unsaturated/α-hetero) is 1. The third-order valence-electron chi connectivity index (χ3n) is 8.13. The molecule has 0 spiro atoms. The minimum absolute atomic E-state index is 0.0172. The predicted molar refractivity (Wildman–Crippen MR) is 145 cm³/mol. The summed E-state index contributed by atoms with van der Waals surface area (Å²) in [6, 6.07) is 1.61. The number of hydrogen-bond acceptors (Lipinski definition) is 7. The highest BCUT2D eigenvalue weighted by molar-refractivity contribution is 9.13. The van der Waals surface area contributed by atoms with Crippen LogP contribution >= 0.6 is 31.9 Å². The van der Waals surface area contributed by atoms with Crippen LogP contribution in [0, 0.1) is 17.8 Å². The van der Waals surface area contributed by atoms with Gasteiger partial charge in [-0.2, -0.15) is 0 Å². The SMILES string of the molecule is COc1cc(C2C3=CCC4C(=O)N(CCCC(=O)O)C(=O)C4C3CC3=C2C(=O)C=C(C)C3=O)c(Br)c(Br)c1O. The molecule has 2 amide bonds. The number of likely N-dealkylation sites (tertiary alicyclic amines) is 1. The summed E-state index contributed by atoms with van der Waals surface area (Å²) in [6.07, 6.45) is 3.64. The van der Waals surface area contributed by atoms with E-state index in [1.165, 1.54) is 13.2 Å². The van der Waals surface area contributed by atoms with Gasteiger partial charge < -0.3 is 14.9 Å². The van der Waals surface area contributed by atoms with Gasteiger partial charge in [0.05, 0.1) is 23.4 Å². The molecule has 4 aliphatic rings. The maximum atomic E-state index is 13.6. The lowest BCUT2D eigenvalue weighted by Crippen LogP contribution is -2.40. The van der Waals surface area contributed by atoms with Crippen molar-refractivity contribution >= 4 is 61.2 Å². The van der Waals surface area contributed by atoms with Gasteiger partial charge in [0.1, 0.15) is 0 Å². The van der Waals surface area contributed by atoms with E-state index in [1.807, 2.05) is 6.08 Å². The number of nitrogens with zero attached hydrogens (tertiary/aromatic N) is 1. The zero-order valence-corrected chi connectivity index (χ0v) is 24.3. The van der Waals surface area contributed by atoms with E-state index in [4.69, 9.17) is 9.84 Å². The number of rotatable bonds is 6. The van der Waals surface area contributed by atoms with Gasteiger partial charge in [-0.15, -0.1) is 0 Å². The van der Waals surface area contributed by atoms with Crippen molar-refractivity contribution in [1.82, 2.24) is 4.90 Å². The van der Waals surface area contributed by atoms with Gasteiger partial charge in [-0.05, 0) is 81.7 Å². The summed E-state index contributed by atoms with van der Waals surface area (Å²) in [5, 5.41) is 19.5. The zero-order chi connectivity index (χ0) is 28.3. The maximum absolute atomic E-state index is 13.6. The Bertz CT molecular complexity index is 1460. The summed E-state index contributed by atoms with van der Waals surface area (Å²) >= 11 is 6.92. The lowest BCUT2D eigenvalue weighted by Gasteiger charge is -2.42. The van der Waals surface area contributed by atoms with Gasteiger partial charge in [-0.1, -0.05) is 11.6 Å². The number of hydrogen-bond donors (Lipinski definition) is 2. The molecule has 1 saturated heterocycles. The van der Waals surface area contributed by atoms with Gasteiger partial charge in [0.2, 0.25) is 11.8 Å². The Morgan fingerprint density at radius 3 is 2.51 bits per heavy atom. The van der Waals surface area contributed by atoms with Crippen molar-refractivity contribution in [2.24, 2.45) is 17.8 Å². The standard InChI is InChI=1S/C28H25Br2NO8/c1-11-8-17(32)22-16(25(11)35)9-14-12(20(22)15-10-18(39-2)26(36)24(30)23(15)29)5-6-13-21(14)28(38)31(27(13)37)7-3-4-19(33)34/h5,8,10,13-14,20-21,36H,3-4,6-7,9H2,1-2H3,(H,33,34). The van der Waals surface area contributed by atoms with E-state index in [9.17, 15) is 29.1 Å². The van der Waals surface area contributed by atoms with Crippen molar-refractivity contribution in [2.45, 2.75) is 38.5 Å². The Labute approximate surface area is 240 Å². The topological polar surface area (TPSA) is 138 Å². The maximum Gasteiger partial charge on any atom is 0.303 e. The number of aliphatic carboxylic acids is 1. The second-order valence-corrected chi connectivity index (χ2v) is 11.8. The van der Waals surface area contributed by atoms with Crippen molar-refractivity contribution in [3.05, 3.63) is 55.0 Å². The van der Waals surface area contributed by atoms with Gasteiger partial charge in [0.15, 0.2) is 23.1 Å². The van der Waals surface area contributed by atoms with Crippen LogP contribution in [0.4, 0.5) is 0 Å². The number of fused-ring (bicyclic) bond motifs is 3. The van der Waals surface area contributed by atoms with Crippen LogP contribution in [0.2, 0.25) is 0 Å². The molecule has 0 saturated carbocycles. The number of imide groups is 1. The molecule has 0 radical (unpaired) electrons. The molecule has 1 aromatic carbocycles. The number of methoxy groups -OCH3 is 1. The van der Waals surface area contributed by atoms with Crippen LogP contribution in [-0.2, 0) is 24.0 Å². The monoisotopic (exact) mass is 661 g/mol. The Kier molecular flexibility index (Phi) is 7.17. The Hall–Kier alpha value is -3.05. The zero-order valence-electron chi connectivity index (χ0n) is 21.1. The van der Waals surface area contributed by atoms with Crippen LogP contribution in [0.3, 0.4) is 0 Å². The minimum Gasteiger partial charge on any atom is -0.503 e. The number of carboxylic acid groups (broad SMARTS) is 1. The lowest BCUT2D eigenvalue weighted by atomic mass is 9.59. The first-order valence-electron chi connectivity index (χ1n) is 12.5. The molecule has 4 atom stereocenters. The molecule has 9 nitrogen and oxygen atoms in total. The van der Waals surface area contributed by atoms with E-state index >= 15 is 0 Å². The smallest absolute Gasteiger partial charge is 0.303 e. The van der Waals surface area contributed by atoms with Crippen LogP contribution in [0.15, 0.2) is 49.5 Å².